The number of benzene rings is 2. The van der Waals surface area contributed by atoms with Crippen molar-refractivity contribution in [2.24, 2.45) is 0 Å². The molecular formula is C19H15BrO3. The van der Waals surface area contributed by atoms with Crippen molar-refractivity contribution in [3.05, 3.63) is 76.0 Å². The van der Waals surface area contributed by atoms with Crippen LogP contribution in [0.3, 0.4) is 0 Å². The highest BCUT2D eigenvalue weighted by Crippen LogP contribution is 2.35. The average molecular weight is 371 g/mol. The summed E-state index contributed by atoms with van der Waals surface area (Å²) in [4.78, 5) is 12.4. The molecule has 0 fully saturated rings. The van der Waals surface area contributed by atoms with E-state index in [0.29, 0.717) is 29.4 Å². The van der Waals surface area contributed by atoms with Crippen molar-refractivity contribution in [2.75, 3.05) is 6.61 Å². The van der Waals surface area contributed by atoms with E-state index >= 15 is 0 Å². The second-order valence-electron chi connectivity index (χ2n) is 5.40. The van der Waals surface area contributed by atoms with Gasteiger partial charge in [0.15, 0.2) is 5.76 Å². The van der Waals surface area contributed by atoms with Gasteiger partial charge in [-0.05, 0) is 48.4 Å². The second-order valence-corrected chi connectivity index (χ2v) is 6.31. The molecule has 1 aliphatic rings. The minimum absolute atomic E-state index is 0.119. The quantitative estimate of drug-likeness (QED) is 0.559. The zero-order chi connectivity index (χ0) is 16.4. The lowest BCUT2D eigenvalue weighted by molar-refractivity contribution is 0.101. The number of ether oxygens (including phenoxy) is 2. The van der Waals surface area contributed by atoms with E-state index in [1.54, 1.807) is 24.3 Å². The summed E-state index contributed by atoms with van der Waals surface area (Å²) >= 11 is 3.41. The summed E-state index contributed by atoms with van der Waals surface area (Å²) in [6, 6.07) is 12.9. The van der Waals surface area contributed by atoms with Crippen LogP contribution in [-0.4, -0.2) is 12.4 Å². The number of halogens is 1. The van der Waals surface area contributed by atoms with Crippen LogP contribution >= 0.6 is 15.9 Å². The lowest BCUT2D eigenvalue weighted by atomic mass is 10.1. The molecule has 0 aliphatic carbocycles. The molecular weight excluding hydrogens is 356 g/mol. The van der Waals surface area contributed by atoms with Crippen LogP contribution in [-0.2, 0) is 0 Å². The summed E-state index contributed by atoms with van der Waals surface area (Å²) in [5.41, 5.74) is 2.38. The predicted molar refractivity (Wildman–Crippen MR) is 93.8 cm³/mol. The van der Waals surface area contributed by atoms with Crippen LogP contribution in [0.25, 0.3) is 6.08 Å². The van der Waals surface area contributed by atoms with E-state index in [-0.39, 0.29) is 5.78 Å². The Morgan fingerprint density at radius 3 is 2.87 bits per heavy atom. The van der Waals surface area contributed by atoms with E-state index in [4.69, 9.17) is 9.47 Å². The van der Waals surface area contributed by atoms with Crippen molar-refractivity contribution < 1.29 is 14.3 Å². The molecule has 0 bridgehead atoms. The summed E-state index contributed by atoms with van der Waals surface area (Å²) < 4.78 is 12.2. The van der Waals surface area contributed by atoms with Gasteiger partial charge in [-0.3, -0.25) is 4.79 Å². The molecule has 0 N–H and O–H groups in total. The van der Waals surface area contributed by atoms with Gasteiger partial charge in [0.25, 0.3) is 0 Å². The van der Waals surface area contributed by atoms with Gasteiger partial charge in [-0.25, -0.2) is 0 Å². The molecule has 116 valence electrons. The first-order chi connectivity index (χ1) is 11.0. The third-order valence-corrected chi connectivity index (χ3v) is 3.77. The Morgan fingerprint density at radius 2 is 2.13 bits per heavy atom. The predicted octanol–water partition coefficient (Wildman–Crippen LogP) is 5.02. The first kappa shape index (κ1) is 15.6. The van der Waals surface area contributed by atoms with Gasteiger partial charge >= 0.3 is 0 Å². The smallest absolute Gasteiger partial charge is 0.231 e. The molecule has 0 saturated heterocycles. The molecule has 3 rings (SSSR count). The van der Waals surface area contributed by atoms with Gasteiger partial charge in [0.2, 0.25) is 5.78 Å². The van der Waals surface area contributed by atoms with Crippen molar-refractivity contribution in [2.45, 2.75) is 6.92 Å². The summed E-state index contributed by atoms with van der Waals surface area (Å²) in [7, 11) is 0. The number of allylic oxidation sites excluding steroid dienone is 1. The lowest BCUT2D eigenvalue weighted by Gasteiger charge is -2.06. The Balaban J connectivity index is 1.85. The van der Waals surface area contributed by atoms with Crippen LogP contribution in [0.15, 0.2) is 64.8 Å². The largest absolute Gasteiger partial charge is 0.489 e. The fraction of sp³-hybridized carbons (Fsp3) is 0.105. The Kier molecular flexibility index (Phi) is 4.35. The maximum atomic E-state index is 12.4. The van der Waals surface area contributed by atoms with E-state index in [1.165, 1.54) is 0 Å². The highest BCUT2D eigenvalue weighted by atomic mass is 79.9. The summed E-state index contributed by atoms with van der Waals surface area (Å²) in [5.74, 6) is 1.38. The zero-order valence-corrected chi connectivity index (χ0v) is 14.2. The molecule has 2 aromatic carbocycles. The summed E-state index contributed by atoms with van der Waals surface area (Å²) in [6.45, 7) is 6.13. The fourth-order valence-electron chi connectivity index (χ4n) is 2.21. The molecule has 2 aromatic rings. The van der Waals surface area contributed by atoms with E-state index in [0.717, 1.165) is 15.6 Å². The number of hydrogen-bond donors (Lipinski definition) is 0. The minimum atomic E-state index is -0.119. The Labute approximate surface area is 143 Å². The van der Waals surface area contributed by atoms with Gasteiger partial charge in [-0.2, -0.15) is 0 Å². The molecule has 0 amide bonds. The fourth-order valence-corrected chi connectivity index (χ4v) is 2.63. The van der Waals surface area contributed by atoms with Crippen molar-refractivity contribution >= 4 is 27.8 Å². The molecule has 23 heavy (non-hydrogen) atoms. The van der Waals surface area contributed by atoms with Gasteiger partial charge in [-0.1, -0.05) is 34.6 Å². The van der Waals surface area contributed by atoms with Crippen LogP contribution in [0.4, 0.5) is 0 Å². The van der Waals surface area contributed by atoms with Crippen molar-refractivity contribution in [1.82, 2.24) is 0 Å². The first-order valence-corrected chi connectivity index (χ1v) is 7.93. The normalized spacial score (nSPS) is 14.5. The molecule has 0 saturated carbocycles. The van der Waals surface area contributed by atoms with Gasteiger partial charge < -0.3 is 9.47 Å². The minimum Gasteiger partial charge on any atom is -0.489 e. The highest BCUT2D eigenvalue weighted by Gasteiger charge is 2.27. The number of carbonyl (C=O) groups excluding carboxylic acids is 1. The Bertz CT molecular complexity index is 821. The van der Waals surface area contributed by atoms with E-state index in [1.807, 2.05) is 31.2 Å². The number of ketones is 1. The molecule has 0 atom stereocenters. The van der Waals surface area contributed by atoms with Crippen LogP contribution in [0.2, 0.25) is 0 Å². The van der Waals surface area contributed by atoms with E-state index < -0.39 is 0 Å². The maximum absolute atomic E-state index is 12.4. The van der Waals surface area contributed by atoms with Gasteiger partial charge in [-0.15, -0.1) is 0 Å². The molecule has 0 unspecified atom stereocenters. The molecule has 0 radical (unpaired) electrons. The van der Waals surface area contributed by atoms with Gasteiger partial charge in [0.1, 0.15) is 18.1 Å². The number of carbonyl (C=O) groups is 1. The zero-order valence-electron chi connectivity index (χ0n) is 12.6. The van der Waals surface area contributed by atoms with E-state index in [2.05, 4.69) is 22.5 Å². The number of rotatable bonds is 4. The molecule has 0 aromatic heterocycles. The molecule has 0 spiro atoms. The third-order valence-electron chi connectivity index (χ3n) is 3.27. The molecule has 3 nitrogen and oxygen atoms in total. The standard InChI is InChI=1S/C19H15BrO3/c1-12(2)11-22-15-6-7-16-17(10-15)23-18(19(16)21)9-13-4-3-5-14(20)8-13/h3-10H,1,11H2,2H3. The lowest BCUT2D eigenvalue weighted by Crippen LogP contribution is -1.98. The molecule has 1 heterocycles. The first-order valence-electron chi connectivity index (χ1n) is 7.14. The number of Topliss-reactive ketones (excluding diaryl/α,β-unsaturated/α-hetero) is 1. The molecule has 1 aliphatic heterocycles. The van der Waals surface area contributed by atoms with Crippen molar-refractivity contribution in [1.29, 1.82) is 0 Å². The summed E-state index contributed by atoms with van der Waals surface area (Å²) in [6.07, 6.45) is 1.74. The van der Waals surface area contributed by atoms with Crippen LogP contribution in [0.5, 0.6) is 11.5 Å². The van der Waals surface area contributed by atoms with Crippen molar-refractivity contribution in [3.8, 4) is 11.5 Å². The average Bonchev–Trinajstić information content (AvgIpc) is 2.81. The van der Waals surface area contributed by atoms with Gasteiger partial charge in [0, 0.05) is 10.5 Å². The highest BCUT2D eigenvalue weighted by molar-refractivity contribution is 9.10. The summed E-state index contributed by atoms with van der Waals surface area (Å²) in [5, 5.41) is 0. The second kappa shape index (κ2) is 6.42. The maximum Gasteiger partial charge on any atom is 0.231 e. The number of fused-ring (bicyclic) bond motifs is 1. The Hall–Kier alpha value is -2.33. The van der Waals surface area contributed by atoms with Gasteiger partial charge in [0.05, 0.1) is 5.56 Å². The van der Waals surface area contributed by atoms with Crippen LogP contribution in [0, 0.1) is 0 Å². The van der Waals surface area contributed by atoms with E-state index in [9.17, 15) is 4.79 Å². The topological polar surface area (TPSA) is 35.5 Å². The third kappa shape index (κ3) is 3.54. The monoisotopic (exact) mass is 370 g/mol. The SMILES string of the molecule is C=C(C)COc1ccc2c(c1)OC(=Cc1cccc(Br)c1)C2=O. The van der Waals surface area contributed by atoms with Crippen LogP contribution in [0.1, 0.15) is 22.8 Å². The Morgan fingerprint density at radius 1 is 1.30 bits per heavy atom. The molecule has 4 heteroatoms. The van der Waals surface area contributed by atoms with Crippen molar-refractivity contribution in [3.63, 3.8) is 0 Å². The van der Waals surface area contributed by atoms with Crippen LogP contribution < -0.4 is 9.47 Å². The number of hydrogen-bond acceptors (Lipinski definition) is 3.